The second-order valence-electron chi connectivity index (χ2n) is 14.0. The Hall–Kier alpha value is -4.56. The van der Waals surface area contributed by atoms with E-state index >= 15 is 0 Å². The average Bonchev–Trinajstić information content (AvgIpc) is 3.22. The fourth-order valence-electron chi connectivity index (χ4n) is 7.21. The van der Waals surface area contributed by atoms with Gasteiger partial charge < -0.3 is 38.6 Å². The van der Waals surface area contributed by atoms with Crippen molar-refractivity contribution in [1.29, 1.82) is 0 Å². The number of rotatable bonds is 7. The van der Waals surface area contributed by atoms with Crippen LogP contribution in [0.4, 0.5) is 0 Å². The molecule has 2 aliphatic rings. The number of fused-ring (bicyclic) bond motifs is 1. The van der Waals surface area contributed by atoms with Gasteiger partial charge in [0.25, 0.3) is 0 Å². The Morgan fingerprint density at radius 3 is 1.75 bits per heavy atom. The van der Waals surface area contributed by atoms with Gasteiger partial charge in [0.15, 0.2) is 12.2 Å². The largest absolute Gasteiger partial charge is 0.459 e. The topological polar surface area (TPSA) is 198 Å². The highest BCUT2D eigenvalue weighted by Gasteiger charge is 2.70. The van der Waals surface area contributed by atoms with Gasteiger partial charge in [0.05, 0.1) is 11.5 Å². The van der Waals surface area contributed by atoms with Crippen LogP contribution in [0.5, 0.6) is 0 Å². The maximum Gasteiger partial charge on any atom is 0.338 e. The van der Waals surface area contributed by atoms with Gasteiger partial charge in [-0.3, -0.25) is 24.0 Å². The van der Waals surface area contributed by atoms with E-state index in [0.29, 0.717) is 0 Å². The molecule has 2 aliphatic carbocycles. The monoisotopic (exact) mass is 716 g/mol. The van der Waals surface area contributed by atoms with Crippen molar-refractivity contribution < 1.29 is 67.4 Å². The molecule has 0 aromatic heterocycles. The molecule has 0 saturated heterocycles. The molecule has 51 heavy (non-hydrogen) atoms. The standard InChI is InChI=1S/C37H48O14/c1-19-16-17-35(8,9)33(49-24(6)41)28(43)30(47-22(4)39)20(2)29(46-21(3)38)27-32(50-34(44)26-14-12-11-13-15-26)36(10,51-25(7)42)18-37(27,45)31(19)48-23(5)40/h11-17,19,27-33,43,45H,2,18H2,1,3-10H3/b17-16-/t19-,27?,28+,29-,30-,31-,32+,33+,36+,37+/m0/s1. The van der Waals surface area contributed by atoms with E-state index in [1.165, 1.54) is 19.1 Å². The Morgan fingerprint density at radius 1 is 0.725 bits per heavy atom. The van der Waals surface area contributed by atoms with Gasteiger partial charge in [-0.2, -0.15) is 0 Å². The first-order valence-corrected chi connectivity index (χ1v) is 16.5. The molecule has 14 nitrogen and oxygen atoms in total. The van der Waals surface area contributed by atoms with E-state index in [0.717, 1.165) is 34.6 Å². The van der Waals surface area contributed by atoms with Crippen LogP contribution in [0.15, 0.2) is 54.6 Å². The van der Waals surface area contributed by atoms with Crippen LogP contribution in [0.25, 0.3) is 0 Å². The molecule has 0 aliphatic heterocycles. The van der Waals surface area contributed by atoms with Crippen LogP contribution in [-0.2, 0) is 52.4 Å². The maximum atomic E-state index is 13.7. The van der Waals surface area contributed by atoms with E-state index in [1.54, 1.807) is 51.1 Å². The Labute approximate surface area is 297 Å². The summed E-state index contributed by atoms with van der Waals surface area (Å²) in [6.45, 7) is 15.8. The molecule has 1 unspecified atom stereocenters. The number of carbonyl (C=O) groups is 6. The number of hydrogen-bond donors (Lipinski definition) is 2. The molecule has 1 saturated carbocycles. The molecule has 1 aromatic rings. The molecule has 14 heteroatoms. The van der Waals surface area contributed by atoms with Gasteiger partial charge >= 0.3 is 35.8 Å². The van der Waals surface area contributed by atoms with E-state index in [-0.39, 0.29) is 11.1 Å². The van der Waals surface area contributed by atoms with Crippen molar-refractivity contribution in [3.63, 3.8) is 0 Å². The third-order valence-corrected chi connectivity index (χ3v) is 9.14. The summed E-state index contributed by atoms with van der Waals surface area (Å²) in [6.07, 6.45) is -7.38. The fourth-order valence-corrected chi connectivity index (χ4v) is 7.21. The van der Waals surface area contributed by atoms with E-state index in [4.69, 9.17) is 28.4 Å². The molecule has 0 heterocycles. The number of carbonyl (C=O) groups excluding carboxylic acids is 6. The number of ether oxygens (including phenoxy) is 6. The van der Waals surface area contributed by atoms with Crippen LogP contribution in [0.1, 0.15) is 79.1 Å². The third-order valence-electron chi connectivity index (χ3n) is 9.14. The van der Waals surface area contributed by atoms with Crippen LogP contribution >= 0.6 is 0 Å². The normalized spacial score (nSPS) is 33.9. The van der Waals surface area contributed by atoms with Gasteiger partial charge in [0.1, 0.15) is 35.6 Å². The summed E-state index contributed by atoms with van der Waals surface area (Å²) in [5.41, 5.74) is -5.68. The second-order valence-corrected chi connectivity index (χ2v) is 14.0. The Bertz CT molecular complexity index is 1550. The molecule has 1 fully saturated rings. The van der Waals surface area contributed by atoms with Gasteiger partial charge in [0, 0.05) is 57.9 Å². The molecule has 0 bridgehead atoms. The number of hydrogen-bond acceptors (Lipinski definition) is 14. The van der Waals surface area contributed by atoms with E-state index in [1.807, 2.05) is 0 Å². The summed E-state index contributed by atoms with van der Waals surface area (Å²) in [4.78, 5) is 76.9. The van der Waals surface area contributed by atoms with Crippen LogP contribution in [-0.4, -0.2) is 93.9 Å². The molecule has 0 radical (unpaired) electrons. The SMILES string of the molecule is C=C1[C@H](OC(C)=O)C2[C@@H](OC(=O)c3ccccc3)[C@](C)(OC(C)=O)C[C@]2(O)[C@@H](OC(C)=O)[C@@H](C)/C=C\C(C)(C)[C@H](OC(C)=O)[C@H](O)[C@H]1OC(C)=O. The van der Waals surface area contributed by atoms with Gasteiger partial charge in [0.2, 0.25) is 0 Å². The predicted molar refractivity (Wildman–Crippen MR) is 178 cm³/mol. The highest BCUT2D eigenvalue weighted by Crippen LogP contribution is 2.54. The van der Waals surface area contributed by atoms with Gasteiger partial charge in [-0.25, -0.2) is 4.79 Å². The molecule has 10 atom stereocenters. The Morgan fingerprint density at radius 2 is 1.24 bits per heavy atom. The van der Waals surface area contributed by atoms with Crippen LogP contribution in [0, 0.1) is 17.3 Å². The molecule has 0 spiro atoms. The lowest BCUT2D eigenvalue weighted by molar-refractivity contribution is -0.194. The van der Waals surface area contributed by atoms with Gasteiger partial charge in [-0.05, 0) is 19.1 Å². The van der Waals surface area contributed by atoms with Crippen molar-refractivity contribution in [2.75, 3.05) is 0 Å². The van der Waals surface area contributed by atoms with Crippen LogP contribution in [0.3, 0.4) is 0 Å². The second kappa shape index (κ2) is 15.8. The lowest BCUT2D eigenvalue weighted by Gasteiger charge is -2.45. The third kappa shape index (κ3) is 9.22. The first-order chi connectivity index (χ1) is 23.5. The molecule has 2 N–H and O–H groups in total. The summed E-state index contributed by atoms with van der Waals surface area (Å²) in [5, 5.41) is 25.0. The molecule has 3 rings (SSSR count). The first kappa shape index (κ1) is 40.9. The minimum Gasteiger partial charge on any atom is -0.459 e. The molecule has 280 valence electrons. The number of esters is 6. The van der Waals surface area contributed by atoms with E-state index in [2.05, 4.69) is 6.58 Å². The van der Waals surface area contributed by atoms with Crippen LogP contribution < -0.4 is 0 Å². The Balaban J connectivity index is 2.49. The van der Waals surface area contributed by atoms with Gasteiger partial charge in [-0.15, -0.1) is 0 Å². The summed E-state index contributed by atoms with van der Waals surface area (Å²) in [5.74, 6) is -7.72. The zero-order valence-corrected chi connectivity index (χ0v) is 30.4. The highest BCUT2D eigenvalue weighted by molar-refractivity contribution is 5.89. The van der Waals surface area contributed by atoms with Gasteiger partial charge in [-0.1, -0.05) is 57.7 Å². The molecular weight excluding hydrogens is 668 g/mol. The van der Waals surface area contributed by atoms with Crippen molar-refractivity contribution in [2.24, 2.45) is 17.3 Å². The summed E-state index contributed by atoms with van der Waals surface area (Å²) < 4.78 is 34.6. The van der Waals surface area contributed by atoms with Crippen molar-refractivity contribution in [3.05, 3.63) is 60.2 Å². The van der Waals surface area contributed by atoms with Crippen molar-refractivity contribution in [3.8, 4) is 0 Å². The molecule has 1 aromatic carbocycles. The number of aliphatic hydroxyl groups excluding tert-OH is 1. The zero-order chi connectivity index (χ0) is 38.6. The van der Waals surface area contributed by atoms with Crippen molar-refractivity contribution in [2.45, 2.75) is 117 Å². The maximum absolute atomic E-state index is 13.7. The van der Waals surface area contributed by atoms with E-state index in [9.17, 15) is 39.0 Å². The predicted octanol–water partition coefficient (Wildman–Crippen LogP) is 3.16. The minimum atomic E-state index is -2.35. The number of aliphatic hydroxyl groups is 2. The number of benzene rings is 1. The minimum absolute atomic E-state index is 0.0848. The summed E-state index contributed by atoms with van der Waals surface area (Å²) in [7, 11) is 0. The van der Waals surface area contributed by atoms with Crippen molar-refractivity contribution in [1.82, 2.24) is 0 Å². The fraction of sp³-hybridized carbons (Fsp3) is 0.568. The zero-order valence-electron chi connectivity index (χ0n) is 30.4. The first-order valence-electron chi connectivity index (χ1n) is 16.5. The summed E-state index contributed by atoms with van der Waals surface area (Å²) >= 11 is 0. The molecular formula is C37H48O14. The summed E-state index contributed by atoms with van der Waals surface area (Å²) in [6, 6.07) is 7.78. The lowest BCUT2D eigenvalue weighted by Crippen LogP contribution is -2.59. The smallest absolute Gasteiger partial charge is 0.338 e. The van der Waals surface area contributed by atoms with E-state index < -0.39 is 107 Å². The quantitative estimate of drug-likeness (QED) is 0.237. The van der Waals surface area contributed by atoms with Crippen molar-refractivity contribution >= 4 is 35.8 Å². The molecule has 0 amide bonds. The lowest BCUT2D eigenvalue weighted by atomic mass is 9.71. The van der Waals surface area contributed by atoms with Crippen LogP contribution in [0.2, 0.25) is 0 Å². The highest BCUT2D eigenvalue weighted by atomic mass is 16.6. The Kier molecular flexibility index (Phi) is 12.6. The average molecular weight is 717 g/mol.